The van der Waals surface area contributed by atoms with Crippen molar-refractivity contribution in [1.82, 2.24) is 19.9 Å². The minimum atomic E-state index is -0.102. The minimum absolute atomic E-state index is 0.102. The van der Waals surface area contributed by atoms with E-state index in [1.165, 1.54) is 0 Å². The number of hydrogen-bond donors (Lipinski definition) is 1. The molecule has 4 rings (SSSR count). The van der Waals surface area contributed by atoms with Crippen LogP contribution in [0.5, 0.6) is 0 Å². The van der Waals surface area contributed by atoms with Gasteiger partial charge in [0, 0.05) is 43.7 Å². The number of aromatic nitrogens is 3. The van der Waals surface area contributed by atoms with Crippen molar-refractivity contribution in [3.63, 3.8) is 0 Å². The summed E-state index contributed by atoms with van der Waals surface area (Å²) in [7, 11) is 0. The Kier molecular flexibility index (Phi) is 5.53. The molecule has 142 valence electrons. The molecule has 0 aliphatic carbocycles. The lowest BCUT2D eigenvalue weighted by Crippen LogP contribution is -2.41. The third-order valence-corrected chi connectivity index (χ3v) is 4.50. The summed E-state index contributed by atoms with van der Waals surface area (Å²) in [6.45, 7) is 2.83. The van der Waals surface area contributed by atoms with Crippen LogP contribution < -0.4 is 5.32 Å². The first-order valence-electron chi connectivity index (χ1n) is 9.24. The van der Waals surface area contributed by atoms with Crippen molar-refractivity contribution in [2.75, 3.05) is 31.6 Å². The lowest BCUT2D eigenvalue weighted by atomic mass is 10.2. The SMILES string of the molecule is O=C(c1cc(NCc2ccncc2)nc(-c2ccccc2)n1)N1CCOCC1. The molecule has 7 heteroatoms. The molecule has 0 radical (unpaired) electrons. The van der Waals surface area contributed by atoms with Crippen molar-refractivity contribution in [3.8, 4) is 11.4 Å². The minimum Gasteiger partial charge on any atom is -0.378 e. The number of rotatable bonds is 5. The molecule has 3 heterocycles. The number of anilines is 1. The number of benzene rings is 1. The fourth-order valence-electron chi connectivity index (χ4n) is 2.99. The maximum Gasteiger partial charge on any atom is 0.272 e. The van der Waals surface area contributed by atoms with Crippen LogP contribution in [0, 0.1) is 0 Å². The normalized spacial score (nSPS) is 13.9. The number of ether oxygens (including phenoxy) is 1. The maximum atomic E-state index is 13.0. The summed E-state index contributed by atoms with van der Waals surface area (Å²) in [4.78, 5) is 27.9. The van der Waals surface area contributed by atoms with Crippen LogP contribution in [-0.4, -0.2) is 52.1 Å². The number of pyridine rings is 1. The first-order valence-corrected chi connectivity index (χ1v) is 9.24. The van der Waals surface area contributed by atoms with Gasteiger partial charge in [-0.3, -0.25) is 9.78 Å². The van der Waals surface area contributed by atoms with Crippen molar-refractivity contribution in [1.29, 1.82) is 0 Å². The van der Waals surface area contributed by atoms with Crippen LogP contribution in [-0.2, 0) is 11.3 Å². The Morgan fingerprint density at radius 1 is 1.04 bits per heavy atom. The number of carbonyl (C=O) groups is 1. The molecule has 0 unspecified atom stereocenters. The molecule has 1 N–H and O–H groups in total. The van der Waals surface area contributed by atoms with Gasteiger partial charge in [0.25, 0.3) is 5.91 Å². The number of nitrogens with one attached hydrogen (secondary N) is 1. The first-order chi connectivity index (χ1) is 13.8. The van der Waals surface area contributed by atoms with Gasteiger partial charge in [-0.2, -0.15) is 0 Å². The van der Waals surface area contributed by atoms with Crippen LogP contribution in [0.2, 0.25) is 0 Å². The van der Waals surface area contributed by atoms with Crippen LogP contribution in [0.4, 0.5) is 5.82 Å². The number of hydrogen-bond acceptors (Lipinski definition) is 6. The number of morpholine rings is 1. The largest absolute Gasteiger partial charge is 0.378 e. The quantitative estimate of drug-likeness (QED) is 0.738. The molecular weight excluding hydrogens is 354 g/mol. The van der Waals surface area contributed by atoms with Gasteiger partial charge in [0.15, 0.2) is 5.82 Å². The third-order valence-electron chi connectivity index (χ3n) is 4.50. The van der Waals surface area contributed by atoms with E-state index in [-0.39, 0.29) is 5.91 Å². The lowest BCUT2D eigenvalue weighted by Gasteiger charge is -2.26. The molecular formula is C21H21N5O2. The second-order valence-electron chi connectivity index (χ2n) is 6.44. The van der Waals surface area contributed by atoms with Crippen LogP contribution in [0.25, 0.3) is 11.4 Å². The Labute approximate surface area is 163 Å². The zero-order valence-electron chi connectivity index (χ0n) is 15.4. The average molecular weight is 375 g/mol. The highest BCUT2D eigenvalue weighted by Gasteiger charge is 2.21. The van der Waals surface area contributed by atoms with Gasteiger partial charge in [-0.15, -0.1) is 0 Å². The van der Waals surface area contributed by atoms with Crippen LogP contribution in [0.15, 0.2) is 60.9 Å². The first kappa shape index (κ1) is 18.1. The molecule has 2 aromatic heterocycles. The lowest BCUT2D eigenvalue weighted by molar-refractivity contribution is 0.0299. The molecule has 1 saturated heterocycles. The molecule has 3 aromatic rings. The smallest absolute Gasteiger partial charge is 0.272 e. The van der Waals surface area contributed by atoms with Crippen molar-refractivity contribution in [3.05, 3.63) is 72.2 Å². The van der Waals surface area contributed by atoms with Crippen molar-refractivity contribution in [2.45, 2.75) is 6.54 Å². The third kappa shape index (κ3) is 4.32. The van der Waals surface area contributed by atoms with E-state index in [0.717, 1.165) is 11.1 Å². The molecule has 1 aliphatic heterocycles. The molecule has 0 bridgehead atoms. The van der Waals surface area contributed by atoms with Crippen LogP contribution in [0.1, 0.15) is 16.1 Å². The topological polar surface area (TPSA) is 80.2 Å². The van der Waals surface area contributed by atoms with Gasteiger partial charge in [-0.05, 0) is 17.7 Å². The van der Waals surface area contributed by atoms with E-state index in [0.29, 0.717) is 50.2 Å². The van der Waals surface area contributed by atoms with Crippen LogP contribution in [0.3, 0.4) is 0 Å². The summed E-state index contributed by atoms with van der Waals surface area (Å²) in [5.41, 5.74) is 2.33. The van der Waals surface area contributed by atoms with Gasteiger partial charge in [0.2, 0.25) is 0 Å². The van der Waals surface area contributed by atoms with Gasteiger partial charge in [-0.25, -0.2) is 9.97 Å². The number of amides is 1. The summed E-state index contributed by atoms with van der Waals surface area (Å²) in [6, 6.07) is 15.3. The van der Waals surface area contributed by atoms with Crippen molar-refractivity contribution >= 4 is 11.7 Å². The Morgan fingerprint density at radius 3 is 2.54 bits per heavy atom. The summed E-state index contributed by atoms with van der Waals surface area (Å²) < 4.78 is 5.35. The van der Waals surface area contributed by atoms with Crippen molar-refractivity contribution in [2.24, 2.45) is 0 Å². The van der Waals surface area contributed by atoms with Gasteiger partial charge in [-0.1, -0.05) is 30.3 Å². The van der Waals surface area contributed by atoms with Gasteiger partial charge in [0.05, 0.1) is 13.2 Å². The highest BCUT2D eigenvalue weighted by molar-refractivity contribution is 5.93. The molecule has 0 spiro atoms. The van der Waals surface area contributed by atoms with E-state index in [9.17, 15) is 4.79 Å². The Balaban J connectivity index is 1.63. The average Bonchev–Trinajstić information content (AvgIpc) is 2.79. The fourth-order valence-corrected chi connectivity index (χ4v) is 2.99. The molecule has 7 nitrogen and oxygen atoms in total. The summed E-state index contributed by atoms with van der Waals surface area (Å²) >= 11 is 0. The maximum absolute atomic E-state index is 13.0. The van der Waals surface area contributed by atoms with E-state index >= 15 is 0 Å². The van der Waals surface area contributed by atoms with E-state index in [1.807, 2.05) is 42.5 Å². The monoisotopic (exact) mass is 375 g/mol. The fraction of sp³-hybridized carbons (Fsp3) is 0.238. The predicted octanol–water partition coefficient (Wildman–Crippen LogP) is 2.62. The molecule has 1 aliphatic rings. The number of nitrogens with zero attached hydrogens (tertiary/aromatic N) is 4. The zero-order chi connectivity index (χ0) is 19.2. The predicted molar refractivity (Wildman–Crippen MR) is 106 cm³/mol. The van der Waals surface area contributed by atoms with Gasteiger partial charge in [0.1, 0.15) is 11.5 Å². The van der Waals surface area contributed by atoms with E-state index < -0.39 is 0 Å². The second-order valence-corrected chi connectivity index (χ2v) is 6.44. The Hall–Kier alpha value is -3.32. The second kappa shape index (κ2) is 8.58. The van der Waals surface area contributed by atoms with E-state index in [1.54, 1.807) is 23.4 Å². The summed E-state index contributed by atoms with van der Waals surface area (Å²) in [5, 5.41) is 3.29. The molecule has 1 aromatic carbocycles. The Bertz CT molecular complexity index is 928. The molecule has 0 atom stereocenters. The van der Waals surface area contributed by atoms with Gasteiger partial charge >= 0.3 is 0 Å². The zero-order valence-corrected chi connectivity index (χ0v) is 15.4. The molecule has 1 fully saturated rings. The molecule has 28 heavy (non-hydrogen) atoms. The summed E-state index contributed by atoms with van der Waals surface area (Å²) in [5.74, 6) is 1.04. The summed E-state index contributed by atoms with van der Waals surface area (Å²) in [6.07, 6.45) is 3.50. The number of carbonyl (C=O) groups excluding carboxylic acids is 1. The van der Waals surface area contributed by atoms with Crippen LogP contribution >= 0.6 is 0 Å². The standard InChI is InChI=1S/C21H21N5O2/c27-21(26-10-12-28-13-11-26)18-14-19(23-15-16-6-8-22-9-7-16)25-20(24-18)17-4-2-1-3-5-17/h1-9,14H,10-13,15H2,(H,23,24,25). The highest BCUT2D eigenvalue weighted by atomic mass is 16.5. The van der Waals surface area contributed by atoms with Gasteiger partial charge < -0.3 is 15.0 Å². The van der Waals surface area contributed by atoms with Crippen molar-refractivity contribution < 1.29 is 9.53 Å². The highest BCUT2D eigenvalue weighted by Crippen LogP contribution is 2.19. The van der Waals surface area contributed by atoms with E-state index in [4.69, 9.17) is 4.74 Å². The van der Waals surface area contributed by atoms with E-state index in [2.05, 4.69) is 20.3 Å². The Morgan fingerprint density at radius 2 is 1.79 bits per heavy atom. The molecule has 1 amide bonds. The molecule has 0 saturated carbocycles.